The summed E-state index contributed by atoms with van der Waals surface area (Å²) in [7, 11) is 0. The maximum atomic E-state index is 13.3. The predicted molar refractivity (Wildman–Crippen MR) is 116 cm³/mol. The number of aromatic nitrogens is 1. The van der Waals surface area contributed by atoms with Gasteiger partial charge in [-0.25, -0.2) is 0 Å². The smallest absolute Gasteiger partial charge is 0.270 e. The minimum atomic E-state index is 0.0343. The van der Waals surface area contributed by atoms with Crippen molar-refractivity contribution in [1.82, 2.24) is 14.4 Å². The third-order valence-corrected chi connectivity index (χ3v) is 7.22. The number of carbonyl (C=O) groups excluding carboxylic acids is 2. The standard InChI is InChI=1S/C21H22BrN3O2S/c1-14-5-3-4-6-16(14)12-25-18(11-19-20(25)17(22)13-28-19)21(27)24-9-7-23(8-10-24)15(2)26/h3-6,11,13H,7-10,12H2,1-2H3. The van der Waals surface area contributed by atoms with Crippen LogP contribution in [0.1, 0.15) is 28.5 Å². The maximum Gasteiger partial charge on any atom is 0.270 e. The van der Waals surface area contributed by atoms with E-state index in [1.807, 2.05) is 23.1 Å². The average Bonchev–Trinajstić information content (AvgIpc) is 3.23. The number of fused-ring (bicyclic) bond motifs is 1. The molecular formula is C21H22BrN3O2S. The van der Waals surface area contributed by atoms with Crippen LogP contribution in [0.25, 0.3) is 10.2 Å². The molecule has 1 aromatic carbocycles. The van der Waals surface area contributed by atoms with Crippen LogP contribution in [0.15, 0.2) is 40.2 Å². The number of aryl methyl sites for hydroxylation is 1. The van der Waals surface area contributed by atoms with Gasteiger partial charge in [0.15, 0.2) is 0 Å². The number of hydrogen-bond acceptors (Lipinski definition) is 3. The fraction of sp³-hybridized carbons (Fsp3) is 0.333. The summed E-state index contributed by atoms with van der Waals surface area (Å²) in [6, 6.07) is 10.3. The van der Waals surface area contributed by atoms with Crippen molar-refractivity contribution in [2.45, 2.75) is 20.4 Å². The average molecular weight is 460 g/mol. The lowest BCUT2D eigenvalue weighted by Gasteiger charge is -2.34. The Balaban J connectivity index is 1.68. The van der Waals surface area contributed by atoms with Gasteiger partial charge in [-0.3, -0.25) is 9.59 Å². The highest BCUT2D eigenvalue weighted by atomic mass is 79.9. The van der Waals surface area contributed by atoms with Crippen molar-refractivity contribution in [3.8, 4) is 0 Å². The van der Waals surface area contributed by atoms with Gasteiger partial charge in [0.1, 0.15) is 5.69 Å². The van der Waals surface area contributed by atoms with E-state index >= 15 is 0 Å². The fourth-order valence-electron chi connectivity index (χ4n) is 3.72. The molecule has 0 saturated carbocycles. The predicted octanol–water partition coefficient (Wildman–Crippen LogP) is 4.13. The SMILES string of the molecule is CC(=O)N1CCN(C(=O)c2cc3scc(Br)c3n2Cc2ccccc2C)CC1. The molecule has 0 atom stereocenters. The number of amides is 2. The van der Waals surface area contributed by atoms with Crippen molar-refractivity contribution in [1.29, 1.82) is 0 Å². The molecule has 146 valence electrons. The number of rotatable bonds is 3. The fourth-order valence-corrected chi connectivity index (χ4v) is 5.41. The molecule has 2 amide bonds. The number of halogens is 1. The molecule has 1 aliphatic rings. The maximum absolute atomic E-state index is 13.3. The molecule has 1 saturated heterocycles. The lowest BCUT2D eigenvalue weighted by Crippen LogP contribution is -2.50. The molecule has 2 aromatic heterocycles. The molecule has 0 radical (unpaired) electrons. The molecule has 1 aliphatic heterocycles. The number of thiophene rings is 1. The van der Waals surface area contributed by atoms with Gasteiger partial charge in [0, 0.05) is 45.0 Å². The summed E-state index contributed by atoms with van der Waals surface area (Å²) in [6.07, 6.45) is 0. The molecule has 0 spiro atoms. The van der Waals surface area contributed by atoms with Crippen LogP contribution < -0.4 is 0 Å². The van der Waals surface area contributed by atoms with Crippen molar-refractivity contribution in [2.24, 2.45) is 0 Å². The molecule has 0 aliphatic carbocycles. The van der Waals surface area contributed by atoms with E-state index in [0.29, 0.717) is 38.4 Å². The molecule has 5 nitrogen and oxygen atoms in total. The van der Waals surface area contributed by atoms with E-state index < -0.39 is 0 Å². The van der Waals surface area contributed by atoms with Gasteiger partial charge in [0.2, 0.25) is 5.91 Å². The van der Waals surface area contributed by atoms with Crippen molar-refractivity contribution in [2.75, 3.05) is 26.2 Å². The Morgan fingerprint density at radius 3 is 2.46 bits per heavy atom. The Morgan fingerprint density at radius 1 is 1.11 bits per heavy atom. The first kappa shape index (κ1) is 19.2. The van der Waals surface area contributed by atoms with E-state index in [1.165, 1.54) is 11.1 Å². The van der Waals surface area contributed by atoms with Gasteiger partial charge in [-0.1, -0.05) is 24.3 Å². The highest BCUT2D eigenvalue weighted by Crippen LogP contribution is 2.34. The van der Waals surface area contributed by atoms with Crippen LogP contribution in [0.5, 0.6) is 0 Å². The Bertz CT molecular complexity index is 1050. The molecule has 3 aromatic rings. The van der Waals surface area contributed by atoms with Gasteiger partial charge < -0.3 is 14.4 Å². The van der Waals surface area contributed by atoms with Crippen LogP contribution in [0.3, 0.4) is 0 Å². The summed E-state index contributed by atoms with van der Waals surface area (Å²) in [6.45, 7) is 6.67. The minimum Gasteiger partial charge on any atom is -0.339 e. The van der Waals surface area contributed by atoms with Crippen molar-refractivity contribution >= 4 is 49.3 Å². The van der Waals surface area contributed by atoms with Gasteiger partial charge in [-0.2, -0.15) is 0 Å². The summed E-state index contributed by atoms with van der Waals surface area (Å²) in [4.78, 5) is 28.6. The lowest BCUT2D eigenvalue weighted by atomic mass is 10.1. The molecule has 0 unspecified atom stereocenters. The van der Waals surface area contributed by atoms with Gasteiger partial charge in [-0.15, -0.1) is 11.3 Å². The first-order valence-electron chi connectivity index (χ1n) is 9.31. The first-order chi connectivity index (χ1) is 13.5. The summed E-state index contributed by atoms with van der Waals surface area (Å²) in [5.41, 5.74) is 4.19. The topological polar surface area (TPSA) is 45.6 Å². The largest absolute Gasteiger partial charge is 0.339 e. The molecule has 4 rings (SSSR count). The second kappa shape index (κ2) is 7.72. The third-order valence-electron chi connectivity index (χ3n) is 5.40. The summed E-state index contributed by atoms with van der Waals surface area (Å²) in [5.74, 6) is 0.103. The third kappa shape index (κ3) is 3.49. The Hall–Kier alpha value is -2.12. The lowest BCUT2D eigenvalue weighted by molar-refractivity contribution is -0.130. The molecule has 0 N–H and O–H groups in total. The van der Waals surface area contributed by atoms with Gasteiger partial charge in [-0.05, 0) is 40.0 Å². The number of benzene rings is 1. The molecule has 3 heterocycles. The first-order valence-corrected chi connectivity index (χ1v) is 11.0. The van der Waals surface area contributed by atoms with Gasteiger partial charge >= 0.3 is 0 Å². The number of hydrogen-bond donors (Lipinski definition) is 0. The number of piperazine rings is 1. The number of carbonyl (C=O) groups is 2. The van der Waals surface area contributed by atoms with Crippen LogP contribution in [0, 0.1) is 6.92 Å². The Kier molecular flexibility index (Phi) is 5.29. The molecular weight excluding hydrogens is 438 g/mol. The van der Waals surface area contributed by atoms with Crippen LogP contribution in [0.2, 0.25) is 0 Å². The molecule has 1 fully saturated rings. The zero-order valence-corrected chi connectivity index (χ0v) is 18.3. The van der Waals surface area contributed by atoms with Gasteiger partial charge in [0.25, 0.3) is 5.91 Å². The quantitative estimate of drug-likeness (QED) is 0.590. The summed E-state index contributed by atoms with van der Waals surface area (Å²) in [5, 5.41) is 2.07. The molecule has 7 heteroatoms. The highest BCUT2D eigenvalue weighted by molar-refractivity contribution is 9.10. The molecule has 0 bridgehead atoms. The normalized spacial score (nSPS) is 14.7. The van der Waals surface area contributed by atoms with Crippen LogP contribution in [-0.2, 0) is 11.3 Å². The van der Waals surface area contributed by atoms with Crippen molar-refractivity contribution in [3.05, 3.63) is 57.0 Å². The Labute approximate surface area is 176 Å². The Morgan fingerprint density at radius 2 is 1.79 bits per heavy atom. The van der Waals surface area contributed by atoms with Crippen molar-refractivity contribution in [3.63, 3.8) is 0 Å². The van der Waals surface area contributed by atoms with E-state index in [2.05, 4.69) is 44.9 Å². The zero-order valence-electron chi connectivity index (χ0n) is 15.9. The summed E-state index contributed by atoms with van der Waals surface area (Å²) < 4.78 is 4.24. The van der Waals surface area contributed by atoms with E-state index in [0.717, 1.165) is 14.7 Å². The second-order valence-electron chi connectivity index (χ2n) is 7.14. The van der Waals surface area contributed by atoms with E-state index in [1.54, 1.807) is 23.2 Å². The van der Waals surface area contributed by atoms with E-state index in [9.17, 15) is 9.59 Å². The van der Waals surface area contributed by atoms with Crippen LogP contribution >= 0.6 is 27.3 Å². The van der Waals surface area contributed by atoms with E-state index in [4.69, 9.17) is 0 Å². The highest BCUT2D eigenvalue weighted by Gasteiger charge is 2.27. The van der Waals surface area contributed by atoms with Gasteiger partial charge in [0.05, 0.1) is 14.7 Å². The van der Waals surface area contributed by atoms with Crippen LogP contribution in [-0.4, -0.2) is 52.4 Å². The van der Waals surface area contributed by atoms with Crippen LogP contribution in [0.4, 0.5) is 0 Å². The summed E-state index contributed by atoms with van der Waals surface area (Å²) >= 11 is 5.29. The monoisotopic (exact) mass is 459 g/mol. The molecule has 28 heavy (non-hydrogen) atoms. The van der Waals surface area contributed by atoms with Crippen molar-refractivity contribution < 1.29 is 9.59 Å². The zero-order chi connectivity index (χ0) is 19.8. The number of nitrogens with zero attached hydrogens (tertiary/aromatic N) is 3. The second-order valence-corrected chi connectivity index (χ2v) is 8.90. The minimum absolute atomic E-state index is 0.0343. The van der Waals surface area contributed by atoms with E-state index in [-0.39, 0.29) is 11.8 Å².